The van der Waals surface area contributed by atoms with E-state index in [1.54, 1.807) is 0 Å². The molecular formula is C17H28N2O2. The molecule has 1 unspecified atom stereocenters. The summed E-state index contributed by atoms with van der Waals surface area (Å²) in [6.07, 6.45) is 2.14. The Kier molecular flexibility index (Phi) is 6.18. The lowest BCUT2D eigenvalue weighted by Gasteiger charge is -2.40. The molecule has 1 heterocycles. The topological polar surface area (TPSA) is 44.7 Å². The Morgan fingerprint density at radius 3 is 2.52 bits per heavy atom. The second-order valence-electron chi connectivity index (χ2n) is 5.90. The van der Waals surface area contributed by atoms with Crippen LogP contribution in [-0.4, -0.2) is 56.0 Å². The van der Waals surface area contributed by atoms with Crippen molar-refractivity contribution in [3.8, 4) is 0 Å². The molecule has 0 spiro atoms. The van der Waals surface area contributed by atoms with E-state index in [1.807, 2.05) is 18.2 Å². The van der Waals surface area contributed by atoms with Gasteiger partial charge in [0.15, 0.2) is 0 Å². The maximum absolute atomic E-state index is 10.1. The van der Waals surface area contributed by atoms with Gasteiger partial charge in [-0.2, -0.15) is 0 Å². The number of likely N-dealkylation sites (N-methyl/N-ethyl adjacent to an activating group) is 2. The fraction of sp³-hybridized carbons (Fsp3) is 0.647. The summed E-state index contributed by atoms with van der Waals surface area (Å²) in [5.74, 6) is 0. The average molecular weight is 292 g/mol. The second-order valence-corrected chi connectivity index (χ2v) is 5.90. The predicted octanol–water partition coefficient (Wildman–Crippen LogP) is 1.59. The molecule has 0 aromatic heterocycles. The maximum atomic E-state index is 10.1. The molecule has 0 bridgehead atoms. The van der Waals surface area contributed by atoms with E-state index in [0.717, 1.165) is 44.7 Å². The third-order valence-electron chi connectivity index (χ3n) is 4.44. The Morgan fingerprint density at radius 2 is 1.95 bits per heavy atom. The van der Waals surface area contributed by atoms with Crippen molar-refractivity contribution in [3.05, 3.63) is 35.9 Å². The first kappa shape index (κ1) is 16.4. The highest BCUT2D eigenvalue weighted by molar-refractivity contribution is 5.25. The summed E-state index contributed by atoms with van der Waals surface area (Å²) >= 11 is 0. The van der Waals surface area contributed by atoms with E-state index in [9.17, 15) is 5.11 Å². The van der Waals surface area contributed by atoms with Gasteiger partial charge in [0.05, 0.1) is 12.1 Å². The van der Waals surface area contributed by atoms with Crippen LogP contribution in [0.1, 0.15) is 25.3 Å². The van der Waals surface area contributed by atoms with Gasteiger partial charge in [-0.3, -0.25) is 0 Å². The number of hydrogen-bond donors (Lipinski definition) is 2. The summed E-state index contributed by atoms with van der Waals surface area (Å²) in [7, 11) is 2.15. The van der Waals surface area contributed by atoms with E-state index in [1.165, 1.54) is 0 Å². The van der Waals surface area contributed by atoms with Crippen molar-refractivity contribution in [1.82, 2.24) is 10.2 Å². The Bertz CT molecular complexity index is 407. The third-order valence-corrected chi connectivity index (χ3v) is 4.44. The van der Waals surface area contributed by atoms with E-state index in [4.69, 9.17) is 4.74 Å². The molecule has 4 nitrogen and oxygen atoms in total. The summed E-state index contributed by atoms with van der Waals surface area (Å²) in [4.78, 5) is 2.37. The zero-order valence-corrected chi connectivity index (χ0v) is 13.2. The molecule has 0 radical (unpaired) electrons. The molecule has 0 saturated carbocycles. The highest BCUT2D eigenvalue weighted by Crippen LogP contribution is 2.24. The standard InChI is InChI=1S/C17H28N2O2/c1-3-18-17(14-20,15-7-5-4-6-8-15)13-19(2)16-9-11-21-12-10-16/h4-8,16,18,20H,3,9-14H2,1-2H3. The molecule has 1 aromatic rings. The molecular weight excluding hydrogens is 264 g/mol. The van der Waals surface area contributed by atoms with Crippen LogP contribution in [0.25, 0.3) is 0 Å². The predicted molar refractivity (Wildman–Crippen MR) is 85.4 cm³/mol. The van der Waals surface area contributed by atoms with Crippen molar-refractivity contribution in [2.45, 2.75) is 31.3 Å². The number of ether oxygens (including phenoxy) is 1. The van der Waals surface area contributed by atoms with E-state index in [2.05, 4.69) is 36.3 Å². The molecule has 4 heteroatoms. The molecule has 0 amide bonds. The van der Waals surface area contributed by atoms with Gasteiger partial charge in [0.2, 0.25) is 0 Å². The Morgan fingerprint density at radius 1 is 1.29 bits per heavy atom. The lowest BCUT2D eigenvalue weighted by Crippen LogP contribution is -2.55. The fourth-order valence-corrected chi connectivity index (χ4v) is 3.22. The van der Waals surface area contributed by atoms with Gasteiger partial charge in [-0.15, -0.1) is 0 Å². The van der Waals surface area contributed by atoms with Crippen molar-refractivity contribution < 1.29 is 9.84 Å². The monoisotopic (exact) mass is 292 g/mol. The number of benzene rings is 1. The second kappa shape index (κ2) is 7.90. The lowest BCUT2D eigenvalue weighted by atomic mass is 9.89. The average Bonchev–Trinajstić information content (AvgIpc) is 2.56. The number of nitrogens with zero attached hydrogens (tertiary/aromatic N) is 1. The number of hydrogen-bond acceptors (Lipinski definition) is 4. The Hall–Kier alpha value is -0.940. The summed E-state index contributed by atoms with van der Waals surface area (Å²) in [6.45, 7) is 5.49. The van der Waals surface area contributed by atoms with E-state index in [0.29, 0.717) is 6.04 Å². The molecule has 1 fully saturated rings. The van der Waals surface area contributed by atoms with Gasteiger partial charge in [-0.05, 0) is 32.0 Å². The van der Waals surface area contributed by atoms with E-state index >= 15 is 0 Å². The minimum Gasteiger partial charge on any atom is -0.394 e. The normalized spacial score (nSPS) is 19.6. The molecule has 21 heavy (non-hydrogen) atoms. The highest BCUT2D eigenvalue weighted by Gasteiger charge is 2.34. The molecule has 1 atom stereocenters. The van der Waals surface area contributed by atoms with Gasteiger partial charge in [0.25, 0.3) is 0 Å². The summed E-state index contributed by atoms with van der Waals surface area (Å²) in [5, 5.41) is 13.6. The first-order valence-electron chi connectivity index (χ1n) is 7.91. The molecule has 1 aromatic carbocycles. The van der Waals surface area contributed by atoms with Gasteiger partial charge in [-0.1, -0.05) is 37.3 Å². The molecule has 1 saturated heterocycles. The summed E-state index contributed by atoms with van der Waals surface area (Å²) < 4.78 is 5.45. The van der Waals surface area contributed by atoms with Crippen molar-refractivity contribution in [2.24, 2.45) is 0 Å². The maximum Gasteiger partial charge on any atom is 0.0797 e. The van der Waals surface area contributed by atoms with E-state index in [-0.39, 0.29) is 6.61 Å². The number of rotatable bonds is 7. The summed E-state index contributed by atoms with van der Waals surface area (Å²) in [5.41, 5.74) is 0.747. The van der Waals surface area contributed by atoms with Crippen molar-refractivity contribution in [1.29, 1.82) is 0 Å². The van der Waals surface area contributed by atoms with Gasteiger partial charge in [0, 0.05) is 25.8 Å². The lowest BCUT2D eigenvalue weighted by molar-refractivity contribution is 0.0248. The number of aliphatic hydroxyl groups is 1. The van der Waals surface area contributed by atoms with Crippen LogP contribution in [0.3, 0.4) is 0 Å². The Labute approximate surface area is 128 Å². The molecule has 0 aliphatic carbocycles. The van der Waals surface area contributed by atoms with Crippen LogP contribution in [0.4, 0.5) is 0 Å². The smallest absolute Gasteiger partial charge is 0.0797 e. The fourth-order valence-electron chi connectivity index (χ4n) is 3.22. The molecule has 1 aliphatic rings. The summed E-state index contributed by atoms with van der Waals surface area (Å²) in [6, 6.07) is 10.8. The number of aliphatic hydroxyl groups excluding tert-OH is 1. The third kappa shape index (κ3) is 4.04. The van der Waals surface area contributed by atoms with Gasteiger partial charge >= 0.3 is 0 Å². The van der Waals surface area contributed by atoms with Crippen LogP contribution >= 0.6 is 0 Å². The largest absolute Gasteiger partial charge is 0.394 e. The van der Waals surface area contributed by atoms with Crippen LogP contribution in [-0.2, 0) is 10.3 Å². The molecule has 1 aliphatic heterocycles. The quantitative estimate of drug-likeness (QED) is 0.801. The molecule has 118 valence electrons. The number of nitrogens with one attached hydrogen (secondary N) is 1. The van der Waals surface area contributed by atoms with Crippen LogP contribution in [0.15, 0.2) is 30.3 Å². The van der Waals surface area contributed by atoms with Crippen LogP contribution in [0.5, 0.6) is 0 Å². The minimum absolute atomic E-state index is 0.0956. The molecule has 2 N–H and O–H groups in total. The first-order chi connectivity index (χ1) is 10.2. The van der Waals surface area contributed by atoms with Crippen LogP contribution in [0.2, 0.25) is 0 Å². The highest BCUT2D eigenvalue weighted by atomic mass is 16.5. The van der Waals surface area contributed by atoms with Gasteiger partial charge in [-0.25, -0.2) is 0 Å². The molecule has 2 rings (SSSR count). The zero-order valence-electron chi connectivity index (χ0n) is 13.2. The van der Waals surface area contributed by atoms with Crippen molar-refractivity contribution in [3.63, 3.8) is 0 Å². The van der Waals surface area contributed by atoms with Crippen molar-refractivity contribution >= 4 is 0 Å². The zero-order chi connectivity index (χ0) is 15.1. The van der Waals surface area contributed by atoms with Crippen molar-refractivity contribution in [2.75, 3.05) is 40.0 Å². The van der Waals surface area contributed by atoms with Gasteiger partial charge < -0.3 is 20.1 Å². The van der Waals surface area contributed by atoms with Crippen LogP contribution < -0.4 is 5.32 Å². The van der Waals surface area contributed by atoms with Gasteiger partial charge in [0.1, 0.15) is 0 Å². The van der Waals surface area contributed by atoms with Crippen LogP contribution in [0, 0.1) is 0 Å². The Balaban J connectivity index is 2.15. The SMILES string of the molecule is CCNC(CO)(CN(C)C1CCOCC1)c1ccccc1. The minimum atomic E-state index is -0.400. The van der Waals surface area contributed by atoms with E-state index < -0.39 is 5.54 Å². The first-order valence-corrected chi connectivity index (χ1v) is 7.91.